The van der Waals surface area contributed by atoms with Gasteiger partial charge in [0.1, 0.15) is 5.54 Å². The number of nitrogens with zero attached hydrogens (tertiary/aromatic N) is 2. The van der Waals surface area contributed by atoms with Gasteiger partial charge in [0.15, 0.2) is 5.13 Å². The number of nitrogens with two attached hydrogens (primary N) is 1. The molecule has 8 heteroatoms. The fraction of sp³-hybridized carbons (Fsp3) is 0.444. The van der Waals surface area contributed by atoms with E-state index in [1.807, 2.05) is 24.3 Å². The third kappa shape index (κ3) is 2.84. The fourth-order valence-corrected chi connectivity index (χ4v) is 4.79. The van der Waals surface area contributed by atoms with Crippen LogP contribution in [0, 0.1) is 5.92 Å². The third-order valence-electron chi connectivity index (χ3n) is 5.30. The lowest BCUT2D eigenvalue weighted by Gasteiger charge is -2.28. The van der Waals surface area contributed by atoms with Gasteiger partial charge in [-0.05, 0) is 25.0 Å². The molecule has 2 heterocycles. The second-order valence-corrected chi connectivity index (χ2v) is 8.02. The Kier molecular flexibility index (Phi) is 4.14. The third-order valence-corrected chi connectivity index (χ3v) is 6.36. The highest BCUT2D eigenvalue weighted by molar-refractivity contribution is 7.22. The monoisotopic (exact) mass is 372 g/mol. The molecule has 136 valence electrons. The van der Waals surface area contributed by atoms with Gasteiger partial charge in [-0.1, -0.05) is 36.3 Å². The van der Waals surface area contributed by atoms with E-state index in [2.05, 4.69) is 10.3 Å². The van der Waals surface area contributed by atoms with Gasteiger partial charge < -0.3 is 11.1 Å². The number of carbonyl (C=O) groups is 3. The first-order valence-electron chi connectivity index (χ1n) is 8.76. The van der Waals surface area contributed by atoms with Crippen LogP contribution < -0.4 is 16.0 Å². The van der Waals surface area contributed by atoms with Gasteiger partial charge >= 0.3 is 0 Å². The van der Waals surface area contributed by atoms with Crippen LogP contribution in [-0.4, -0.2) is 34.8 Å². The van der Waals surface area contributed by atoms with E-state index in [0.717, 1.165) is 23.1 Å². The molecule has 1 aromatic carbocycles. The van der Waals surface area contributed by atoms with Gasteiger partial charge in [-0.25, -0.2) is 4.98 Å². The molecule has 4 rings (SSSR count). The summed E-state index contributed by atoms with van der Waals surface area (Å²) >= 11 is 1.44. The normalized spacial score (nSPS) is 22.1. The first kappa shape index (κ1) is 17.0. The Balaban J connectivity index is 1.50. The minimum Gasteiger partial charge on any atom is -0.368 e. The number of anilines is 1. The van der Waals surface area contributed by atoms with Gasteiger partial charge in [0.25, 0.3) is 0 Å². The summed E-state index contributed by atoms with van der Waals surface area (Å²) in [4.78, 5) is 43.0. The molecule has 3 N–H and O–H groups in total. The summed E-state index contributed by atoms with van der Waals surface area (Å²) in [6.45, 7) is 0.277. The number of thiazole rings is 1. The molecule has 2 fully saturated rings. The summed E-state index contributed by atoms with van der Waals surface area (Å²) in [7, 11) is 0. The van der Waals surface area contributed by atoms with Crippen molar-refractivity contribution in [2.24, 2.45) is 11.7 Å². The zero-order valence-corrected chi connectivity index (χ0v) is 15.1. The number of carbonyl (C=O) groups excluding carboxylic acids is 3. The molecule has 0 bridgehead atoms. The zero-order valence-electron chi connectivity index (χ0n) is 14.2. The fourth-order valence-electron chi connectivity index (χ4n) is 3.79. The van der Waals surface area contributed by atoms with Crippen molar-refractivity contribution < 1.29 is 14.4 Å². The molecule has 26 heavy (non-hydrogen) atoms. The molecule has 0 radical (unpaired) electrons. The molecule has 0 spiro atoms. The van der Waals surface area contributed by atoms with Crippen LogP contribution in [0.25, 0.3) is 10.2 Å². The van der Waals surface area contributed by atoms with Crippen LogP contribution in [0.3, 0.4) is 0 Å². The van der Waals surface area contributed by atoms with Gasteiger partial charge in [-0.2, -0.15) is 0 Å². The van der Waals surface area contributed by atoms with Crippen molar-refractivity contribution in [3.05, 3.63) is 24.3 Å². The van der Waals surface area contributed by atoms with Crippen LogP contribution in [-0.2, 0) is 14.4 Å². The van der Waals surface area contributed by atoms with Crippen molar-refractivity contribution >= 4 is 44.4 Å². The van der Waals surface area contributed by atoms with Crippen molar-refractivity contribution in [2.75, 3.05) is 11.4 Å². The summed E-state index contributed by atoms with van der Waals surface area (Å²) in [5.41, 5.74) is 5.41. The van der Waals surface area contributed by atoms with E-state index in [1.165, 1.54) is 11.3 Å². The topological polar surface area (TPSA) is 105 Å². The molecule has 1 aliphatic heterocycles. The number of hydrogen-bond donors (Lipinski definition) is 2. The maximum Gasteiger partial charge on any atom is 0.243 e. The average molecular weight is 372 g/mol. The van der Waals surface area contributed by atoms with E-state index >= 15 is 0 Å². The van der Waals surface area contributed by atoms with Gasteiger partial charge in [0.05, 0.1) is 16.1 Å². The lowest BCUT2D eigenvalue weighted by atomic mass is 9.95. The van der Waals surface area contributed by atoms with Gasteiger partial charge in [-0.3, -0.25) is 19.3 Å². The van der Waals surface area contributed by atoms with Crippen LogP contribution in [0.2, 0.25) is 0 Å². The number of amides is 3. The molecule has 1 saturated carbocycles. The molecule has 1 saturated heterocycles. The van der Waals surface area contributed by atoms with Crippen LogP contribution in [0.5, 0.6) is 0 Å². The molecule has 1 atom stereocenters. The molecule has 2 aliphatic rings. The maximum atomic E-state index is 12.7. The van der Waals surface area contributed by atoms with Gasteiger partial charge in [0, 0.05) is 13.0 Å². The molecule has 3 amide bonds. The van der Waals surface area contributed by atoms with Crippen molar-refractivity contribution in [3.8, 4) is 0 Å². The lowest BCUT2D eigenvalue weighted by Crippen LogP contribution is -2.57. The standard InChI is InChI=1S/C18H20N4O3S/c19-16(25)18(7-3-4-8-18)21-15(24)11-9-14(23)22(10-11)17-20-12-5-1-2-6-13(12)26-17/h1-2,5-6,11H,3-4,7-10H2,(H2,19,25)(H,21,24). The number of aromatic nitrogens is 1. The van der Waals surface area contributed by atoms with Gasteiger partial charge in [0.2, 0.25) is 17.7 Å². The maximum absolute atomic E-state index is 12.7. The van der Waals surface area contributed by atoms with E-state index in [1.54, 1.807) is 4.90 Å². The van der Waals surface area contributed by atoms with E-state index < -0.39 is 17.4 Å². The summed E-state index contributed by atoms with van der Waals surface area (Å²) in [6, 6.07) is 7.69. The Morgan fingerprint density at radius 1 is 1.27 bits per heavy atom. The van der Waals surface area contributed by atoms with Crippen LogP contribution >= 0.6 is 11.3 Å². The Morgan fingerprint density at radius 3 is 2.69 bits per heavy atom. The number of rotatable bonds is 4. The Bertz CT molecular complexity index is 854. The van der Waals surface area contributed by atoms with E-state index in [0.29, 0.717) is 18.0 Å². The molecule has 1 aromatic heterocycles. The van der Waals surface area contributed by atoms with Gasteiger partial charge in [-0.15, -0.1) is 0 Å². The second kappa shape index (κ2) is 6.35. The molecular weight excluding hydrogens is 352 g/mol. The molecule has 7 nitrogen and oxygen atoms in total. The number of benzene rings is 1. The minimum absolute atomic E-state index is 0.122. The van der Waals surface area contributed by atoms with E-state index in [9.17, 15) is 14.4 Å². The largest absolute Gasteiger partial charge is 0.368 e. The van der Waals surface area contributed by atoms with Crippen molar-refractivity contribution in [2.45, 2.75) is 37.6 Å². The average Bonchev–Trinajstić information content (AvgIpc) is 3.32. The Morgan fingerprint density at radius 2 is 2.00 bits per heavy atom. The molecule has 1 aliphatic carbocycles. The zero-order chi connectivity index (χ0) is 18.3. The second-order valence-electron chi connectivity index (χ2n) is 7.01. The number of para-hydroxylation sites is 1. The number of hydrogen-bond acceptors (Lipinski definition) is 5. The summed E-state index contributed by atoms with van der Waals surface area (Å²) in [5.74, 6) is -1.38. The number of nitrogens with one attached hydrogen (secondary N) is 1. The number of fused-ring (bicyclic) bond motifs is 1. The van der Waals surface area contributed by atoms with Crippen molar-refractivity contribution in [3.63, 3.8) is 0 Å². The highest BCUT2D eigenvalue weighted by Gasteiger charge is 2.44. The molecule has 1 unspecified atom stereocenters. The summed E-state index contributed by atoms with van der Waals surface area (Å²) in [5, 5.41) is 3.45. The van der Waals surface area contributed by atoms with Crippen molar-refractivity contribution in [1.82, 2.24) is 10.3 Å². The van der Waals surface area contributed by atoms with Crippen LogP contribution in [0.15, 0.2) is 24.3 Å². The van der Waals surface area contributed by atoms with E-state index in [4.69, 9.17) is 5.73 Å². The predicted octanol–water partition coefficient (Wildman–Crippen LogP) is 1.56. The first-order valence-corrected chi connectivity index (χ1v) is 9.58. The Labute approximate surface area is 154 Å². The minimum atomic E-state index is -0.955. The summed E-state index contributed by atoms with van der Waals surface area (Å²) < 4.78 is 1.00. The number of primary amides is 1. The summed E-state index contributed by atoms with van der Waals surface area (Å²) in [6.07, 6.45) is 2.98. The van der Waals surface area contributed by atoms with E-state index in [-0.39, 0.29) is 24.8 Å². The Hall–Kier alpha value is -2.48. The molecule has 2 aromatic rings. The first-order chi connectivity index (χ1) is 12.5. The van der Waals surface area contributed by atoms with Crippen LogP contribution in [0.1, 0.15) is 32.1 Å². The quantitative estimate of drug-likeness (QED) is 0.849. The van der Waals surface area contributed by atoms with Crippen LogP contribution in [0.4, 0.5) is 5.13 Å². The molecular formula is C18H20N4O3S. The highest BCUT2D eigenvalue weighted by Crippen LogP contribution is 2.34. The predicted molar refractivity (Wildman–Crippen MR) is 98.6 cm³/mol. The SMILES string of the molecule is NC(=O)C1(NC(=O)C2CC(=O)N(c3nc4ccccc4s3)C2)CCCC1. The highest BCUT2D eigenvalue weighted by atomic mass is 32.1. The van der Waals surface area contributed by atoms with Crippen molar-refractivity contribution in [1.29, 1.82) is 0 Å². The lowest BCUT2D eigenvalue weighted by molar-refractivity contribution is -0.133. The smallest absolute Gasteiger partial charge is 0.243 e.